The molecule has 0 bridgehead atoms. The van der Waals surface area contributed by atoms with Gasteiger partial charge in [-0.1, -0.05) is 25.5 Å². The van der Waals surface area contributed by atoms with Crippen molar-refractivity contribution in [1.29, 1.82) is 0 Å². The van der Waals surface area contributed by atoms with E-state index >= 15 is 0 Å². The van der Waals surface area contributed by atoms with Crippen LogP contribution >= 0.6 is 0 Å². The van der Waals surface area contributed by atoms with Crippen molar-refractivity contribution in [3.05, 3.63) is 35.6 Å². The lowest BCUT2D eigenvalue weighted by atomic mass is 10.1. The van der Waals surface area contributed by atoms with Crippen LogP contribution in [0.15, 0.2) is 29.3 Å². The van der Waals surface area contributed by atoms with E-state index in [1.807, 2.05) is 20.2 Å². The number of ether oxygens (including phenoxy) is 1. The van der Waals surface area contributed by atoms with Crippen molar-refractivity contribution in [3.8, 4) is 0 Å². The Morgan fingerprint density at radius 2 is 2.00 bits per heavy atom. The number of unbranched alkanes of at least 4 members (excludes halogenated alkanes) is 1. The molecule has 0 spiro atoms. The van der Waals surface area contributed by atoms with E-state index in [1.165, 1.54) is 6.07 Å². The minimum absolute atomic E-state index is 0.0617. The van der Waals surface area contributed by atoms with Gasteiger partial charge in [0, 0.05) is 33.4 Å². The monoisotopic (exact) mass is 352 g/mol. The van der Waals surface area contributed by atoms with Gasteiger partial charge in [0.15, 0.2) is 5.96 Å². The lowest BCUT2D eigenvalue weighted by molar-refractivity contribution is 0.129. The first kappa shape index (κ1) is 21.4. The first-order valence-electron chi connectivity index (χ1n) is 9.02. The highest BCUT2D eigenvalue weighted by molar-refractivity contribution is 5.79. The van der Waals surface area contributed by atoms with Gasteiger partial charge < -0.3 is 20.3 Å². The van der Waals surface area contributed by atoms with E-state index in [0.717, 1.165) is 50.5 Å². The summed E-state index contributed by atoms with van der Waals surface area (Å²) < 4.78 is 19.0. The van der Waals surface area contributed by atoms with Crippen molar-refractivity contribution in [1.82, 2.24) is 15.5 Å². The van der Waals surface area contributed by atoms with Gasteiger partial charge in [0.05, 0.1) is 6.04 Å². The Balaban J connectivity index is 2.38. The molecular weight excluding hydrogens is 319 g/mol. The molecule has 0 aliphatic carbocycles. The number of likely N-dealkylation sites (N-methyl/N-ethyl adjacent to an activating group) is 1. The number of aliphatic imine (C=N–C) groups is 1. The van der Waals surface area contributed by atoms with E-state index < -0.39 is 0 Å². The molecule has 142 valence electrons. The highest BCUT2D eigenvalue weighted by atomic mass is 19.1. The third-order valence-electron chi connectivity index (χ3n) is 3.94. The predicted octanol–water partition coefficient (Wildman–Crippen LogP) is 2.80. The summed E-state index contributed by atoms with van der Waals surface area (Å²) in [7, 11) is 5.72. The molecule has 0 amide bonds. The summed E-state index contributed by atoms with van der Waals surface area (Å²) in [5, 5.41) is 6.60. The van der Waals surface area contributed by atoms with Crippen LogP contribution in [0.25, 0.3) is 0 Å². The van der Waals surface area contributed by atoms with Crippen LogP contribution < -0.4 is 10.6 Å². The maximum atomic E-state index is 13.5. The van der Waals surface area contributed by atoms with Crippen LogP contribution in [0.3, 0.4) is 0 Å². The van der Waals surface area contributed by atoms with Gasteiger partial charge in [0.25, 0.3) is 0 Å². The van der Waals surface area contributed by atoms with Gasteiger partial charge in [-0.25, -0.2) is 4.39 Å². The second kappa shape index (κ2) is 12.7. The number of nitrogens with one attached hydrogen (secondary N) is 2. The summed E-state index contributed by atoms with van der Waals surface area (Å²) in [6.07, 6.45) is 3.21. The van der Waals surface area contributed by atoms with Crippen LogP contribution in [-0.4, -0.2) is 58.3 Å². The van der Waals surface area contributed by atoms with Gasteiger partial charge in [-0.2, -0.15) is 0 Å². The third-order valence-corrected chi connectivity index (χ3v) is 3.94. The summed E-state index contributed by atoms with van der Waals surface area (Å²) in [4.78, 5) is 6.30. The molecule has 0 radical (unpaired) electrons. The average molecular weight is 352 g/mol. The van der Waals surface area contributed by atoms with Crippen LogP contribution in [-0.2, 0) is 4.74 Å². The van der Waals surface area contributed by atoms with Crippen molar-refractivity contribution in [2.45, 2.75) is 32.2 Å². The zero-order chi connectivity index (χ0) is 18.5. The van der Waals surface area contributed by atoms with E-state index in [4.69, 9.17) is 4.74 Å². The number of rotatable bonds is 11. The topological polar surface area (TPSA) is 48.9 Å². The Morgan fingerprint density at radius 3 is 2.64 bits per heavy atom. The zero-order valence-corrected chi connectivity index (χ0v) is 16.0. The number of guanidine groups is 1. The van der Waals surface area contributed by atoms with Crippen LogP contribution in [0, 0.1) is 5.82 Å². The van der Waals surface area contributed by atoms with Crippen LogP contribution in [0.1, 0.15) is 37.8 Å². The van der Waals surface area contributed by atoms with Gasteiger partial charge in [-0.3, -0.25) is 4.99 Å². The first-order chi connectivity index (χ1) is 12.1. The maximum absolute atomic E-state index is 13.5. The molecule has 1 rings (SSSR count). The maximum Gasteiger partial charge on any atom is 0.191 e. The van der Waals surface area contributed by atoms with Crippen molar-refractivity contribution in [3.63, 3.8) is 0 Å². The molecular formula is C19H33FN4O. The van der Waals surface area contributed by atoms with Gasteiger partial charge in [-0.15, -0.1) is 0 Å². The third kappa shape index (κ3) is 8.84. The number of benzene rings is 1. The molecule has 0 saturated heterocycles. The van der Waals surface area contributed by atoms with Crippen molar-refractivity contribution in [2.24, 2.45) is 4.99 Å². The van der Waals surface area contributed by atoms with Crippen molar-refractivity contribution < 1.29 is 9.13 Å². The summed E-state index contributed by atoms with van der Waals surface area (Å²) in [5.74, 6) is 0.534. The first-order valence-corrected chi connectivity index (χ1v) is 9.02. The van der Waals surface area contributed by atoms with Gasteiger partial charge >= 0.3 is 0 Å². The van der Waals surface area contributed by atoms with Gasteiger partial charge in [0.2, 0.25) is 0 Å². The molecule has 0 aliphatic heterocycles. The quantitative estimate of drug-likeness (QED) is 0.365. The lowest BCUT2D eigenvalue weighted by Crippen LogP contribution is -2.42. The molecule has 1 aromatic rings. The largest absolute Gasteiger partial charge is 0.381 e. The van der Waals surface area contributed by atoms with Crippen LogP contribution in [0.4, 0.5) is 4.39 Å². The lowest BCUT2D eigenvalue weighted by Gasteiger charge is -2.26. The molecule has 0 aromatic heterocycles. The van der Waals surface area contributed by atoms with Crippen LogP contribution in [0.5, 0.6) is 0 Å². The molecule has 1 unspecified atom stereocenters. The second-order valence-corrected chi connectivity index (χ2v) is 6.23. The zero-order valence-electron chi connectivity index (χ0n) is 16.0. The van der Waals surface area contributed by atoms with E-state index in [-0.39, 0.29) is 11.9 Å². The Labute approximate surface area is 151 Å². The van der Waals surface area contributed by atoms with Gasteiger partial charge in [-0.05, 0) is 44.6 Å². The van der Waals surface area contributed by atoms with Gasteiger partial charge in [0.1, 0.15) is 5.82 Å². The fourth-order valence-corrected chi connectivity index (χ4v) is 2.46. The molecule has 5 nitrogen and oxygen atoms in total. The smallest absolute Gasteiger partial charge is 0.191 e. The molecule has 0 aliphatic rings. The summed E-state index contributed by atoms with van der Waals surface area (Å²) in [6.45, 7) is 5.20. The van der Waals surface area contributed by atoms with Crippen molar-refractivity contribution >= 4 is 5.96 Å². The molecule has 1 atom stereocenters. The number of halogens is 1. The predicted molar refractivity (Wildman–Crippen MR) is 103 cm³/mol. The highest BCUT2D eigenvalue weighted by Gasteiger charge is 2.15. The number of hydrogen-bond acceptors (Lipinski definition) is 3. The summed E-state index contributed by atoms with van der Waals surface area (Å²) >= 11 is 0. The second-order valence-electron chi connectivity index (χ2n) is 6.23. The minimum atomic E-state index is -0.213. The Hall–Kier alpha value is -1.66. The van der Waals surface area contributed by atoms with Crippen molar-refractivity contribution in [2.75, 3.05) is 47.4 Å². The number of hydrogen-bond donors (Lipinski definition) is 2. The summed E-state index contributed by atoms with van der Waals surface area (Å²) in [5.41, 5.74) is 0.942. The molecule has 25 heavy (non-hydrogen) atoms. The molecule has 0 heterocycles. The fourth-order valence-electron chi connectivity index (χ4n) is 2.46. The summed E-state index contributed by atoms with van der Waals surface area (Å²) in [6, 6.07) is 6.79. The Bertz CT molecular complexity index is 508. The van der Waals surface area contributed by atoms with E-state index in [1.54, 1.807) is 19.2 Å². The Morgan fingerprint density at radius 1 is 1.24 bits per heavy atom. The molecule has 2 N–H and O–H groups in total. The van der Waals surface area contributed by atoms with Crippen LogP contribution in [0.2, 0.25) is 0 Å². The molecule has 0 fully saturated rings. The standard InChI is InChI=1S/C19H33FN4O/c1-5-6-12-25-13-8-11-22-19(21-2)23-15-18(24(3)4)16-9-7-10-17(20)14-16/h7,9-10,14,18H,5-6,8,11-13,15H2,1-4H3,(H2,21,22,23). The number of nitrogens with zero attached hydrogens (tertiary/aromatic N) is 2. The fraction of sp³-hybridized carbons (Fsp3) is 0.632. The Kier molecular flexibility index (Phi) is 10.8. The SMILES string of the molecule is CCCCOCCCNC(=NC)NCC(c1cccc(F)c1)N(C)C. The van der Waals surface area contributed by atoms with E-state index in [2.05, 4.69) is 27.4 Å². The van der Waals surface area contributed by atoms with E-state index in [0.29, 0.717) is 6.54 Å². The average Bonchev–Trinajstić information content (AvgIpc) is 2.59. The minimum Gasteiger partial charge on any atom is -0.381 e. The highest BCUT2D eigenvalue weighted by Crippen LogP contribution is 2.18. The molecule has 1 aromatic carbocycles. The normalized spacial score (nSPS) is 13.1. The molecule has 0 saturated carbocycles. The van der Waals surface area contributed by atoms with E-state index in [9.17, 15) is 4.39 Å². The molecule has 6 heteroatoms.